The standard InChI is InChI=1S/C19H24N2O3/c1-15(18(23)21-19(14-20)12-6-3-7-13-19)24-17(22)11-10-16-8-4-2-5-9-16/h2,4-5,8-9,15H,3,6-7,10-13H2,1H3,(H,21,23)/t15-/m1/s1. The van der Waals surface area contributed by atoms with Gasteiger partial charge < -0.3 is 10.1 Å². The molecule has 128 valence electrons. The number of amides is 1. The Morgan fingerprint density at radius 1 is 1.25 bits per heavy atom. The number of carbonyl (C=O) groups excluding carboxylic acids is 2. The van der Waals surface area contributed by atoms with Crippen molar-refractivity contribution < 1.29 is 14.3 Å². The van der Waals surface area contributed by atoms with E-state index >= 15 is 0 Å². The van der Waals surface area contributed by atoms with Gasteiger partial charge in [-0.1, -0.05) is 49.6 Å². The molecule has 1 aromatic rings. The fourth-order valence-electron chi connectivity index (χ4n) is 2.96. The van der Waals surface area contributed by atoms with Gasteiger partial charge >= 0.3 is 5.97 Å². The third-order valence-electron chi connectivity index (χ3n) is 4.42. The summed E-state index contributed by atoms with van der Waals surface area (Å²) in [5.41, 5.74) is 0.247. The lowest BCUT2D eigenvalue weighted by Gasteiger charge is -2.32. The summed E-state index contributed by atoms with van der Waals surface area (Å²) in [6, 6.07) is 11.9. The Morgan fingerprint density at radius 2 is 1.92 bits per heavy atom. The van der Waals surface area contributed by atoms with E-state index in [2.05, 4.69) is 11.4 Å². The Hall–Kier alpha value is -2.35. The van der Waals surface area contributed by atoms with E-state index in [9.17, 15) is 14.9 Å². The summed E-state index contributed by atoms with van der Waals surface area (Å²) < 4.78 is 5.20. The first kappa shape index (κ1) is 18.0. The minimum Gasteiger partial charge on any atom is -0.453 e. The van der Waals surface area contributed by atoms with Crippen LogP contribution < -0.4 is 5.32 Å². The third kappa shape index (κ3) is 5.09. The number of aryl methyl sites for hydroxylation is 1. The van der Waals surface area contributed by atoms with Gasteiger partial charge in [-0.3, -0.25) is 9.59 Å². The zero-order valence-corrected chi connectivity index (χ0v) is 14.1. The average molecular weight is 328 g/mol. The number of esters is 1. The van der Waals surface area contributed by atoms with E-state index in [1.54, 1.807) is 6.92 Å². The van der Waals surface area contributed by atoms with Crippen molar-refractivity contribution in [2.24, 2.45) is 0 Å². The number of hydrogen-bond acceptors (Lipinski definition) is 4. The highest BCUT2D eigenvalue weighted by Crippen LogP contribution is 2.27. The van der Waals surface area contributed by atoms with Crippen LogP contribution in [0.5, 0.6) is 0 Å². The first-order valence-electron chi connectivity index (χ1n) is 8.51. The highest BCUT2D eigenvalue weighted by atomic mass is 16.5. The maximum Gasteiger partial charge on any atom is 0.306 e. The second-order valence-electron chi connectivity index (χ2n) is 6.36. The second kappa shape index (κ2) is 8.49. The van der Waals surface area contributed by atoms with Gasteiger partial charge in [0.2, 0.25) is 0 Å². The number of benzene rings is 1. The van der Waals surface area contributed by atoms with E-state index in [1.807, 2.05) is 30.3 Å². The van der Waals surface area contributed by atoms with Crippen LogP contribution >= 0.6 is 0 Å². The minimum absolute atomic E-state index is 0.227. The van der Waals surface area contributed by atoms with E-state index < -0.39 is 23.5 Å². The lowest BCUT2D eigenvalue weighted by Crippen LogP contribution is -2.52. The summed E-state index contributed by atoms with van der Waals surface area (Å²) in [7, 11) is 0. The molecule has 5 nitrogen and oxygen atoms in total. The first-order valence-corrected chi connectivity index (χ1v) is 8.51. The van der Waals surface area contributed by atoms with Crippen molar-refractivity contribution in [3.05, 3.63) is 35.9 Å². The SMILES string of the molecule is C[C@@H](OC(=O)CCc1ccccc1)C(=O)NC1(C#N)CCCCC1. The highest BCUT2D eigenvalue weighted by molar-refractivity contribution is 5.84. The van der Waals surface area contributed by atoms with Crippen LogP contribution in [0.1, 0.15) is 51.0 Å². The predicted octanol–water partition coefficient (Wildman–Crippen LogP) is 2.89. The number of carbonyl (C=O) groups is 2. The molecule has 0 radical (unpaired) electrons. The molecule has 0 aliphatic heterocycles. The molecule has 1 aromatic carbocycles. The molecular weight excluding hydrogens is 304 g/mol. The molecule has 1 saturated carbocycles. The number of nitrogens with zero attached hydrogens (tertiary/aromatic N) is 1. The van der Waals surface area contributed by atoms with Gasteiger partial charge in [-0.2, -0.15) is 5.26 Å². The fourth-order valence-corrected chi connectivity index (χ4v) is 2.96. The van der Waals surface area contributed by atoms with Gasteiger partial charge in [0.15, 0.2) is 6.10 Å². The van der Waals surface area contributed by atoms with Crippen LogP contribution in [0.2, 0.25) is 0 Å². The number of nitrogens with one attached hydrogen (secondary N) is 1. The summed E-state index contributed by atoms with van der Waals surface area (Å²) in [5.74, 6) is -0.803. The molecule has 0 saturated heterocycles. The normalized spacial score (nSPS) is 17.3. The fraction of sp³-hybridized carbons (Fsp3) is 0.526. The molecule has 0 aromatic heterocycles. The Balaban J connectivity index is 1.80. The Kier molecular flexibility index (Phi) is 6.36. The van der Waals surface area contributed by atoms with Gasteiger partial charge in [0.25, 0.3) is 5.91 Å². The van der Waals surface area contributed by atoms with Crippen LogP contribution in [0.4, 0.5) is 0 Å². The minimum atomic E-state index is -0.888. The Labute approximate surface area is 143 Å². The zero-order valence-electron chi connectivity index (χ0n) is 14.1. The van der Waals surface area contributed by atoms with Gasteiger partial charge in [-0.05, 0) is 31.7 Å². The van der Waals surface area contributed by atoms with E-state index in [0.29, 0.717) is 19.3 Å². The van der Waals surface area contributed by atoms with E-state index in [1.165, 1.54) is 0 Å². The van der Waals surface area contributed by atoms with E-state index in [0.717, 1.165) is 24.8 Å². The maximum absolute atomic E-state index is 12.2. The van der Waals surface area contributed by atoms with Gasteiger partial charge in [0.1, 0.15) is 5.54 Å². The molecule has 0 bridgehead atoms. The van der Waals surface area contributed by atoms with Crippen LogP contribution in [0.15, 0.2) is 30.3 Å². The molecule has 1 aliphatic rings. The topological polar surface area (TPSA) is 79.2 Å². The molecule has 1 atom stereocenters. The third-order valence-corrected chi connectivity index (χ3v) is 4.42. The lowest BCUT2D eigenvalue weighted by atomic mass is 9.83. The molecule has 1 amide bonds. The molecular formula is C19H24N2O3. The van der Waals surface area contributed by atoms with Crippen molar-refractivity contribution in [3.63, 3.8) is 0 Å². The summed E-state index contributed by atoms with van der Waals surface area (Å²) in [5, 5.41) is 12.2. The predicted molar refractivity (Wildman–Crippen MR) is 89.9 cm³/mol. The molecule has 1 N–H and O–H groups in total. The molecule has 0 spiro atoms. The maximum atomic E-state index is 12.2. The van der Waals surface area contributed by atoms with Crippen molar-refractivity contribution in [3.8, 4) is 6.07 Å². The quantitative estimate of drug-likeness (QED) is 0.814. The van der Waals surface area contributed by atoms with E-state index in [-0.39, 0.29) is 6.42 Å². The van der Waals surface area contributed by atoms with Crippen LogP contribution in [-0.4, -0.2) is 23.5 Å². The van der Waals surface area contributed by atoms with Crippen LogP contribution in [0.3, 0.4) is 0 Å². The number of rotatable bonds is 6. The zero-order chi connectivity index (χ0) is 17.4. The molecule has 1 fully saturated rings. The second-order valence-corrected chi connectivity index (χ2v) is 6.36. The summed E-state index contributed by atoms with van der Waals surface area (Å²) in [6.45, 7) is 1.55. The monoisotopic (exact) mass is 328 g/mol. The van der Waals surface area contributed by atoms with Gasteiger partial charge in [0, 0.05) is 6.42 Å². The molecule has 0 heterocycles. The number of nitriles is 1. The van der Waals surface area contributed by atoms with Gasteiger partial charge in [-0.25, -0.2) is 0 Å². The van der Waals surface area contributed by atoms with Gasteiger partial charge in [0.05, 0.1) is 6.07 Å². The average Bonchev–Trinajstić information content (AvgIpc) is 2.61. The molecule has 5 heteroatoms. The highest BCUT2D eigenvalue weighted by Gasteiger charge is 2.35. The number of ether oxygens (including phenoxy) is 1. The molecule has 0 unspecified atom stereocenters. The summed E-state index contributed by atoms with van der Waals surface area (Å²) >= 11 is 0. The van der Waals surface area contributed by atoms with Gasteiger partial charge in [-0.15, -0.1) is 0 Å². The van der Waals surface area contributed by atoms with Crippen LogP contribution in [-0.2, 0) is 20.7 Å². The lowest BCUT2D eigenvalue weighted by molar-refractivity contribution is -0.155. The van der Waals surface area contributed by atoms with Crippen LogP contribution in [0.25, 0.3) is 0 Å². The summed E-state index contributed by atoms with van der Waals surface area (Å²) in [4.78, 5) is 24.2. The van der Waals surface area contributed by atoms with Crippen molar-refractivity contribution in [1.82, 2.24) is 5.32 Å². The van der Waals surface area contributed by atoms with Crippen molar-refractivity contribution >= 4 is 11.9 Å². The smallest absolute Gasteiger partial charge is 0.306 e. The first-order chi connectivity index (χ1) is 11.5. The Bertz CT molecular complexity index is 601. The number of hydrogen-bond donors (Lipinski definition) is 1. The van der Waals surface area contributed by atoms with E-state index in [4.69, 9.17) is 4.74 Å². The largest absolute Gasteiger partial charge is 0.453 e. The summed E-state index contributed by atoms with van der Waals surface area (Å²) in [6.07, 6.45) is 4.18. The van der Waals surface area contributed by atoms with Crippen molar-refractivity contribution in [2.75, 3.05) is 0 Å². The molecule has 24 heavy (non-hydrogen) atoms. The van der Waals surface area contributed by atoms with Crippen molar-refractivity contribution in [1.29, 1.82) is 5.26 Å². The molecule has 1 aliphatic carbocycles. The van der Waals surface area contributed by atoms with Crippen LogP contribution in [0, 0.1) is 11.3 Å². The van der Waals surface area contributed by atoms with Crippen molar-refractivity contribution in [2.45, 2.75) is 63.5 Å². The Morgan fingerprint density at radius 3 is 2.54 bits per heavy atom. The molecule has 2 rings (SSSR count).